The maximum Gasteiger partial charge on any atom is 0.317 e. The van der Waals surface area contributed by atoms with Gasteiger partial charge in [0.15, 0.2) is 5.76 Å². The van der Waals surface area contributed by atoms with Gasteiger partial charge in [0, 0.05) is 39.3 Å². The fourth-order valence-electron chi connectivity index (χ4n) is 2.34. The molecule has 0 unspecified atom stereocenters. The zero-order valence-corrected chi connectivity index (χ0v) is 13.7. The van der Waals surface area contributed by atoms with Gasteiger partial charge in [-0.05, 0) is 26.2 Å². The Labute approximate surface area is 136 Å². The highest BCUT2D eigenvalue weighted by Crippen LogP contribution is 2.07. The van der Waals surface area contributed by atoms with E-state index in [0.717, 1.165) is 26.2 Å². The topological polar surface area (TPSA) is 95.0 Å². The Morgan fingerprint density at radius 1 is 1.09 bits per heavy atom. The van der Waals surface area contributed by atoms with E-state index in [1.807, 2.05) is 0 Å². The maximum absolute atomic E-state index is 12.3. The molecule has 2 heterocycles. The van der Waals surface area contributed by atoms with E-state index in [1.54, 1.807) is 11.0 Å². The molecule has 0 aromatic carbocycles. The first-order valence-corrected chi connectivity index (χ1v) is 7.74. The third-order valence-electron chi connectivity index (χ3n) is 3.97. The van der Waals surface area contributed by atoms with Crippen LogP contribution < -0.4 is 11.1 Å². The molecule has 2 rings (SSSR count). The normalized spacial score (nSPS) is 18.1. The molecule has 1 aromatic heterocycles. The van der Waals surface area contributed by atoms with Gasteiger partial charge in [-0.15, -0.1) is 0 Å². The van der Waals surface area contributed by atoms with E-state index in [-0.39, 0.29) is 18.3 Å². The van der Waals surface area contributed by atoms with Gasteiger partial charge in [-0.25, -0.2) is 4.79 Å². The molecule has 3 N–H and O–H groups in total. The molecule has 1 saturated heterocycles. The molecule has 0 bridgehead atoms. The summed E-state index contributed by atoms with van der Waals surface area (Å²) in [5.41, 5.74) is 5.14. The van der Waals surface area contributed by atoms with Crippen LogP contribution in [-0.4, -0.2) is 80.0 Å². The molecule has 1 aliphatic heterocycles. The van der Waals surface area contributed by atoms with Gasteiger partial charge in [-0.1, -0.05) is 0 Å². The van der Waals surface area contributed by atoms with Crippen molar-refractivity contribution in [1.82, 2.24) is 20.0 Å². The average Bonchev–Trinajstić information content (AvgIpc) is 3.01. The number of nitrogens with two attached hydrogens (primary N) is 1. The van der Waals surface area contributed by atoms with Gasteiger partial charge < -0.3 is 30.2 Å². The first-order valence-electron chi connectivity index (χ1n) is 7.74. The molecule has 1 aromatic rings. The van der Waals surface area contributed by atoms with Gasteiger partial charge >= 0.3 is 6.03 Å². The SMILES string of the molecule is CN1CCN(C)CCN(C(=O)NCc2ccc(C(N)=O)o2)CC1. The van der Waals surface area contributed by atoms with E-state index in [9.17, 15) is 9.59 Å². The van der Waals surface area contributed by atoms with Gasteiger partial charge in [0.2, 0.25) is 0 Å². The van der Waals surface area contributed by atoms with Crippen LogP contribution in [0.15, 0.2) is 16.5 Å². The predicted octanol–water partition coefficient (Wildman–Crippen LogP) is -0.233. The molecule has 0 radical (unpaired) electrons. The molecule has 0 spiro atoms. The van der Waals surface area contributed by atoms with Crippen LogP contribution in [0.1, 0.15) is 16.3 Å². The first kappa shape index (κ1) is 17.3. The van der Waals surface area contributed by atoms with E-state index in [0.29, 0.717) is 18.8 Å². The Morgan fingerprint density at radius 3 is 2.17 bits per heavy atom. The highest BCUT2D eigenvalue weighted by molar-refractivity contribution is 5.89. The first-order chi connectivity index (χ1) is 11.0. The van der Waals surface area contributed by atoms with Crippen LogP contribution in [0.2, 0.25) is 0 Å². The Hall–Kier alpha value is -2.06. The van der Waals surface area contributed by atoms with Crippen LogP contribution in [0.4, 0.5) is 4.79 Å². The fraction of sp³-hybridized carbons (Fsp3) is 0.600. The summed E-state index contributed by atoms with van der Waals surface area (Å²) >= 11 is 0. The highest BCUT2D eigenvalue weighted by atomic mass is 16.4. The number of rotatable bonds is 3. The maximum atomic E-state index is 12.3. The second-order valence-corrected chi connectivity index (χ2v) is 5.88. The quantitative estimate of drug-likeness (QED) is 0.801. The second kappa shape index (κ2) is 7.98. The van der Waals surface area contributed by atoms with E-state index in [4.69, 9.17) is 10.2 Å². The molecule has 1 fully saturated rings. The summed E-state index contributed by atoms with van der Waals surface area (Å²) < 4.78 is 5.26. The zero-order valence-electron chi connectivity index (χ0n) is 13.7. The number of likely N-dealkylation sites (N-methyl/N-ethyl adjacent to an activating group) is 2. The van der Waals surface area contributed by atoms with Crippen LogP contribution in [0.3, 0.4) is 0 Å². The molecular formula is C15H25N5O3. The van der Waals surface area contributed by atoms with Crippen LogP contribution >= 0.6 is 0 Å². The Kier molecular flexibility index (Phi) is 6.00. The minimum Gasteiger partial charge on any atom is -0.454 e. The van der Waals surface area contributed by atoms with Crippen LogP contribution in [0.5, 0.6) is 0 Å². The summed E-state index contributed by atoms with van der Waals surface area (Å²) in [6.07, 6.45) is 0. The molecule has 0 aliphatic carbocycles. The highest BCUT2D eigenvalue weighted by Gasteiger charge is 2.17. The van der Waals surface area contributed by atoms with Gasteiger partial charge in [-0.3, -0.25) is 4.79 Å². The lowest BCUT2D eigenvalue weighted by molar-refractivity contribution is 0.0972. The second-order valence-electron chi connectivity index (χ2n) is 5.88. The molecule has 1 aliphatic rings. The predicted molar refractivity (Wildman–Crippen MR) is 86.0 cm³/mol. The number of furan rings is 1. The van der Waals surface area contributed by atoms with E-state index >= 15 is 0 Å². The number of primary amides is 1. The molecule has 3 amide bonds. The van der Waals surface area contributed by atoms with Gasteiger partial charge in [0.05, 0.1) is 6.54 Å². The van der Waals surface area contributed by atoms with Crippen molar-refractivity contribution in [2.45, 2.75) is 6.54 Å². The van der Waals surface area contributed by atoms with Crippen molar-refractivity contribution >= 4 is 11.9 Å². The summed E-state index contributed by atoms with van der Waals surface area (Å²) in [6, 6.07) is 3.01. The van der Waals surface area contributed by atoms with Crippen LogP contribution in [-0.2, 0) is 6.54 Å². The average molecular weight is 323 g/mol. The van der Waals surface area contributed by atoms with Crippen molar-refractivity contribution < 1.29 is 14.0 Å². The number of nitrogens with one attached hydrogen (secondary N) is 1. The number of nitrogens with zero attached hydrogens (tertiary/aromatic N) is 3. The monoisotopic (exact) mass is 323 g/mol. The number of carbonyl (C=O) groups is 2. The van der Waals surface area contributed by atoms with Gasteiger partial charge in [-0.2, -0.15) is 0 Å². The van der Waals surface area contributed by atoms with E-state index in [1.165, 1.54) is 6.07 Å². The molecule has 23 heavy (non-hydrogen) atoms. The molecule has 0 saturated carbocycles. The standard InChI is InChI=1S/C15H25N5O3/c1-18-5-6-19(2)8-10-20(9-7-18)15(22)17-11-12-3-4-13(23-12)14(16)21/h3-4H,5-11H2,1-2H3,(H2,16,21)(H,17,22). The summed E-state index contributed by atoms with van der Waals surface area (Å²) in [6.45, 7) is 5.26. The lowest BCUT2D eigenvalue weighted by atomic mass is 10.4. The van der Waals surface area contributed by atoms with Crippen LogP contribution in [0, 0.1) is 0 Å². The van der Waals surface area contributed by atoms with Crippen molar-refractivity contribution in [3.63, 3.8) is 0 Å². The minimum absolute atomic E-state index is 0.0975. The van der Waals surface area contributed by atoms with Crippen molar-refractivity contribution in [3.05, 3.63) is 23.7 Å². The van der Waals surface area contributed by atoms with Crippen molar-refractivity contribution in [2.75, 3.05) is 53.4 Å². The van der Waals surface area contributed by atoms with Gasteiger partial charge in [0.25, 0.3) is 5.91 Å². The van der Waals surface area contributed by atoms with Crippen molar-refractivity contribution in [1.29, 1.82) is 0 Å². The summed E-state index contributed by atoms with van der Waals surface area (Å²) in [4.78, 5) is 29.6. The lowest BCUT2D eigenvalue weighted by Gasteiger charge is -2.24. The number of urea groups is 1. The number of amides is 3. The zero-order chi connectivity index (χ0) is 16.8. The largest absolute Gasteiger partial charge is 0.454 e. The Bertz CT molecular complexity index is 531. The van der Waals surface area contributed by atoms with Crippen molar-refractivity contribution in [2.24, 2.45) is 5.73 Å². The van der Waals surface area contributed by atoms with E-state index in [2.05, 4.69) is 29.2 Å². The molecule has 8 heteroatoms. The fourth-order valence-corrected chi connectivity index (χ4v) is 2.34. The van der Waals surface area contributed by atoms with E-state index < -0.39 is 5.91 Å². The molecule has 128 valence electrons. The number of carbonyl (C=O) groups excluding carboxylic acids is 2. The smallest absolute Gasteiger partial charge is 0.317 e. The number of hydrogen-bond donors (Lipinski definition) is 2. The molecule has 0 atom stereocenters. The van der Waals surface area contributed by atoms with Crippen molar-refractivity contribution in [3.8, 4) is 0 Å². The third kappa shape index (κ3) is 5.26. The lowest BCUT2D eigenvalue weighted by Crippen LogP contribution is -2.44. The van der Waals surface area contributed by atoms with Gasteiger partial charge in [0.1, 0.15) is 5.76 Å². The van der Waals surface area contributed by atoms with Crippen LogP contribution in [0.25, 0.3) is 0 Å². The summed E-state index contributed by atoms with van der Waals surface area (Å²) in [5.74, 6) is -0.0143. The summed E-state index contributed by atoms with van der Waals surface area (Å²) in [5, 5.41) is 2.82. The third-order valence-corrected chi connectivity index (χ3v) is 3.97. The summed E-state index contributed by atoms with van der Waals surface area (Å²) in [7, 11) is 4.12. The molecule has 8 nitrogen and oxygen atoms in total. The number of hydrogen-bond acceptors (Lipinski definition) is 5. The minimum atomic E-state index is -0.617. The molecular weight excluding hydrogens is 298 g/mol. The Morgan fingerprint density at radius 2 is 1.65 bits per heavy atom. The Balaban J connectivity index is 1.88.